The van der Waals surface area contributed by atoms with E-state index in [4.69, 9.17) is 28.3 Å². The van der Waals surface area contributed by atoms with E-state index in [1.807, 2.05) is 0 Å². The van der Waals surface area contributed by atoms with Gasteiger partial charge in [-0.2, -0.15) is 0 Å². The molecule has 0 fully saturated rings. The molecule has 0 spiro atoms. The van der Waals surface area contributed by atoms with E-state index in [0.29, 0.717) is 22.2 Å². The lowest BCUT2D eigenvalue weighted by Gasteiger charge is -2.07. The van der Waals surface area contributed by atoms with Crippen molar-refractivity contribution in [1.29, 1.82) is 0 Å². The van der Waals surface area contributed by atoms with E-state index in [0.717, 1.165) is 0 Å². The Morgan fingerprint density at radius 1 is 1.44 bits per heavy atom. The van der Waals surface area contributed by atoms with Crippen LogP contribution >= 0.6 is 23.2 Å². The van der Waals surface area contributed by atoms with Crippen molar-refractivity contribution in [2.24, 2.45) is 0 Å². The number of hydrogen-bond acceptors (Lipinski definition) is 2. The summed E-state index contributed by atoms with van der Waals surface area (Å²) in [5.74, 6) is -0.153. The van der Waals surface area contributed by atoms with Crippen molar-refractivity contribution in [3.05, 3.63) is 28.2 Å². The molecule has 1 rings (SSSR count). The van der Waals surface area contributed by atoms with Crippen LogP contribution in [0.1, 0.15) is 19.8 Å². The number of aliphatic hydroxyl groups is 1. The van der Waals surface area contributed by atoms with E-state index in [9.17, 15) is 4.79 Å². The number of amides is 1. The fraction of sp³-hybridized carbons (Fsp3) is 0.364. The summed E-state index contributed by atoms with van der Waals surface area (Å²) in [7, 11) is 0. The highest BCUT2D eigenvalue weighted by molar-refractivity contribution is 6.42. The van der Waals surface area contributed by atoms with Gasteiger partial charge in [-0.05, 0) is 31.5 Å². The second kappa shape index (κ2) is 6.09. The van der Waals surface area contributed by atoms with Crippen molar-refractivity contribution >= 4 is 34.8 Å². The van der Waals surface area contributed by atoms with Crippen molar-refractivity contribution in [3.63, 3.8) is 0 Å². The average Bonchev–Trinajstić information content (AvgIpc) is 2.21. The Bertz CT molecular complexity index is 380. The topological polar surface area (TPSA) is 49.3 Å². The smallest absolute Gasteiger partial charge is 0.224 e. The summed E-state index contributed by atoms with van der Waals surface area (Å²) in [5, 5.41) is 12.5. The van der Waals surface area contributed by atoms with Gasteiger partial charge in [0.15, 0.2) is 0 Å². The van der Waals surface area contributed by atoms with Crippen molar-refractivity contribution in [2.75, 3.05) is 5.32 Å². The Hall–Kier alpha value is -0.770. The van der Waals surface area contributed by atoms with Gasteiger partial charge in [0.2, 0.25) is 5.91 Å². The summed E-state index contributed by atoms with van der Waals surface area (Å²) in [5.41, 5.74) is 0.602. The molecule has 0 aliphatic rings. The van der Waals surface area contributed by atoms with Gasteiger partial charge in [0, 0.05) is 12.1 Å². The summed E-state index contributed by atoms with van der Waals surface area (Å²) in [6, 6.07) is 4.88. The van der Waals surface area contributed by atoms with Gasteiger partial charge in [-0.3, -0.25) is 4.79 Å². The molecule has 3 nitrogen and oxygen atoms in total. The third-order valence-corrected chi connectivity index (χ3v) is 2.73. The first kappa shape index (κ1) is 13.3. The van der Waals surface area contributed by atoms with Gasteiger partial charge < -0.3 is 10.4 Å². The second-order valence-corrected chi connectivity index (χ2v) is 4.38. The van der Waals surface area contributed by atoms with Crippen LogP contribution in [0.15, 0.2) is 18.2 Å². The van der Waals surface area contributed by atoms with Gasteiger partial charge in [0.05, 0.1) is 16.1 Å². The number of hydrogen-bond donors (Lipinski definition) is 2. The zero-order chi connectivity index (χ0) is 12.1. The highest BCUT2D eigenvalue weighted by Gasteiger charge is 2.06. The Labute approximate surface area is 104 Å². The number of rotatable bonds is 4. The van der Waals surface area contributed by atoms with Crippen molar-refractivity contribution in [1.82, 2.24) is 0 Å². The van der Waals surface area contributed by atoms with E-state index in [1.165, 1.54) is 0 Å². The van der Waals surface area contributed by atoms with E-state index in [-0.39, 0.29) is 12.3 Å². The van der Waals surface area contributed by atoms with Crippen LogP contribution in [0.3, 0.4) is 0 Å². The lowest BCUT2D eigenvalue weighted by Crippen LogP contribution is -2.13. The van der Waals surface area contributed by atoms with Crippen molar-refractivity contribution in [2.45, 2.75) is 25.9 Å². The zero-order valence-corrected chi connectivity index (χ0v) is 10.3. The maximum atomic E-state index is 11.4. The second-order valence-electron chi connectivity index (χ2n) is 3.56. The Kier molecular flexibility index (Phi) is 5.06. The molecule has 0 aliphatic carbocycles. The van der Waals surface area contributed by atoms with Crippen LogP contribution in [0.25, 0.3) is 0 Å². The highest BCUT2D eigenvalue weighted by atomic mass is 35.5. The normalized spacial score (nSPS) is 12.2. The molecule has 1 unspecified atom stereocenters. The fourth-order valence-corrected chi connectivity index (χ4v) is 1.44. The van der Waals surface area contributed by atoms with Gasteiger partial charge >= 0.3 is 0 Å². The molecule has 0 aliphatic heterocycles. The maximum Gasteiger partial charge on any atom is 0.224 e. The van der Waals surface area contributed by atoms with E-state index in [2.05, 4.69) is 5.32 Å². The van der Waals surface area contributed by atoms with Crippen molar-refractivity contribution in [3.8, 4) is 0 Å². The molecule has 0 saturated carbocycles. The molecular formula is C11H13Cl2NO2. The number of anilines is 1. The van der Waals surface area contributed by atoms with Gasteiger partial charge in [-0.25, -0.2) is 0 Å². The molecule has 1 atom stereocenters. The zero-order valence-electron chi connectivity index (χ0n) is 8.84. The van der Waals surface area contributed by atoms with Crippen molar-refractivity contribution < 1.29 is 9.90 Å². The largest absolute Gasteiger partial charge is 0.393 e. The van der Waals surface area contributed by atoms with E-state index in [1.54, 1.807) is 25.1 Å². The predicted octanol–water partition coefficient (Wildman–Crippen LogP) is 3.09. The van der Waals surface area contributed by atoms with Gasteiger partial charge in [0.25, 0.3) is 0 Å². The molecule has 0 radical (unpaired) electrons. The summed E-state index contributed by atoms with van der Waals surface area (Å²) >= 11 is 11.5. The summed E-state index contributed by atoms with van der Waals surface area (Å²) in [6.07, 6.45) is 0.241. The van der Waals surface area contributed by atoms with Crippen LogP contribution in [-0.4, -0.2) is 17.1 Å². The molecule has 5 heteroatoms. The number of carbonyl (C=O) groups excluding carboxylic acids is 1. The molecule has 88 valence electrons. The number of nitrogens with one attached hydrogen (secondary N) is 1. The van der Waals surface area contributed by atoms with Gasteiger partial charge in [-0.1, -0.05) is 23.2 Å². The first-order chi connectivity index (χ1) is 7.49. The predicted molar refractivity (Wildman–Crippen MR) is 66.0 cm³/mol. The first-order valence-corrected chi connectivity index (χ1v) is 5.67. The molecule has 1 aromatic carbocycles. The van der Waals surface area contributed by atoms with E-state index < -0.39 is 6.10 Å². The number of halogens is 2. The average molecular weight is 262 g/mol. The molecule has 1 aromatic rings. The highest BCUT2D eigenvalue weighted by Crippen LogP contribution is 2.25. The van der Waals surface area contributed by atoms with E-state index >= 15 is 0 Å². The number of benzene rings is 1. The molecule has 0 saturated heterocycles. The molecule has 16 heavy (non-hydrogen) atoms. The quantitative estimate of drug-likeness (QED) is 0.875. The third-order valence-electron chi connectivity index (χ3n) is 1.99. The summed E-state index contributed by atoms with van der Waals surface area (Å²) < 4.78 is 0. The molecule has 0 bridgehead atoms. The maximum absolute atomic E-state index is 11.4. The molecule has 2 N–H and O–H groups in total. The van der Waals surface area contributed by atoms with Crippen LogP contribution in [0.4, 0.5) is 5.69 Å². The molecule has 0 heterocycles. The minimum atomic E-state index is -0.473. The fourth-order valence-electron chi connectivity index (χ4n) is 1.14. The number of aliphatic hydroxyl groups excluding tert-OH is 1. The minimum absolute atomic E-state index is 0.153. The lowest BCUT2D eigenvalue weighted by atomic mass is 10.2. The van der Waals surface area contributed by atoms with Crippen LogP contribution in [-0.2, 0) is 4.79 Å². The standard InChI is InChI=1S/C11H13Cl2NO2/c1-7(15)2-5-11(16)14-8-3-4-9(12)10(13)6-8/h3-4,6-7,15H,2,5H2,1H3,(H,14,16). The van der Waals surface area contributed by atoms with Gasteiger partial charge in [-0.15, -0.1) is 0 Å². The minimum Gasteiger partial charge on any atom is -0.393 e. The summed E-state index contributed by atoms with van der Waals surface area (Å²) in [6.45, 7) is 1.65. The number of carbonyl (C=O) groups is 1. The van der Waals surface area contributed by atoms with Gasteiger partial charge in [0.1, 0.15) is 0 Å². The Morgan fingerprint density at radius 3 is 2.69 bits per heavy atom. The summed E-state index contributed by atoms with van der Waals surface area (Å²) in [4.78, 5) is 11.4. The third kappa shape index (κ3) is 4.39. The Balaban J connectivity index is 2.53. The monoisotopic (exact) mass is 261 g/mol. The molecular weight excluding hydrogens is 249 g/mol. The lowest BCUT2D eigenvalue weighted by molar-refractivity contribution is -0.116. The SMILES string of the molecule is CC(O)CCC(=O)Nc1ccc(Cl)c(Cl)c1. The molecule has 1 amide bonds. The van der Waals surface area contributed by atoms with Crippen LogP contribution in [0, 0.1) is 0 Å². The Morgan fingerprint density at radius 2 is 2.12 bits per heavy atom. The first-order valence-electron chi connectivity index (χ1n) is 4.92. The van der Waals surface area contributed by atoms with Crippen LogP contribution in [0.5, 0.6) is 0 Å². The van der Waals surface area contributed by atoms with Crippen LogP contribution < -0.4 is 5.32 Å². The van der Waals surface area contributed by atoms with Crippen LogP contribution in [0.2, 0.25) is 10.0 Å². The molecule has 0 aromatic heterocycles.